The lowest BCUT2D eigenvalue weighted by Crippen LogP contribution is -2.35. The summed E-state index contributed by atoms with van der Waals surface area (Å²) in [6.07, 6.45) is 0.765. The van der Waals surface area contributed by atoms with Crippen molar-refractivity contribution in [2.75, 3.05) is 20.3 Å². The fraction of sp³-hybridized carbons (Fsp3) is 0.474. The Bertz CT molecular complexity index is 694. The molecule has 6 nitrogen and oxygen atoms in total. The number of methoxy groups -OCH3 is 1. The number of nitrogens with one attached hydrogen (secondary N) is 1. The van der Waals surface area contributed by atoms with Crippen molar-refractivity contribution in [2.24, 2.45) is 0 Å². The van der Waals surface area contributed by atoms with E-state index in [2.05, 4.69) is 9.97 Å². The van der Waals surface area contributed by atoms with Gasteiger partial charge in [-0.1, -0.05) is 30.3 Å². The summed E-state index contributed by atoms with van der Waals surface area (Å²) in [5, 5.41) is 0. The molecule has 25 heavy (non-hydrogen) atoms. The van der Waals surface area contributed by atoms with E-state index in [4.69, 9.17) is 9.47 Å². The monoisotopic (exact) mass is 343 g/mol. The van der Waals surface area contributed by atoms with Crippen molar-refractivity contribution >= 4 is 5.91 Å². The molecule has 1 fully saturated rings. The van der Waals surface area contributed by atoms with Crippen LogP contribution in [-0.2, 0) is 20.9 Å². The van der Waals surface area contributed by atoms with E-state index in [1.165, 1.54) is 0 Å². The lowest BCUT2D eigenvalue weighted by atomic mass is 10.2. The van der Waals surface area contributed by atoms with Gasteiger partial charge < -0.3 is 19.4 Å². The fourth-order valence-electron chi connectivity index (χ4n) is 3.15. The first kappa shape index (κ1) is 17.6. The van der Waals surface area contributed by atoms with Crippen molar-refractivity contribution in [3.63, 3.8) is 0 Å². The number of nitrogens with zero attached hydrogens (tertiary/aromatic N) is 2. The Morgan fingerprint density at radius 1 is 1.32 bits per heavy atom. The quantitative estimate of drug-likeness (QED) is 0.875. The molecule has 0 spiro atoms. The third-order valence-corrected chi connectivity index (χ3v) is 4.72. The van der Waals surface area contributed by atoms with Gasteiger partial charge in [0.1, 0.15) is 12.4 Å². The Kier molecular flexibility index (Phi) is 5.50. The van der Waals surface area contributed by atoms with Crippen LogP contribution in [0.2, 0.25) is 0 Å². The molecule has 6 heteroatoms. The molecule has 1 aliphatic heterocycles. The minimum absolute atomic E-state index is 0.0220. The van der Waals surface area contributed by atoms with Crippen LogP contribution in [0.25, 0.3) is 0 Å². The summed E-state index contributed by atoms with van der Waals surface area (Å²) >= 11 is 0. The summed E-state index contributed by atoms with van der Waals surface area (Å²) in [6.45, 7) is 5.00. The van der Waals surface area contributed by atoms with Gasteiger partial charge in [0.2, 0.25) is 5.91 Å². The molecule has 1 aromatic heterocycles. The molecule has 3 rings (SSSR count). The highest BCUT2D eigenvalue weighted by Crippen LogP contribution is 2.32. The number of hydrogen-bond acceptors (Lipinski definition) is 4. The number of H-pyrrole nitrogens is 1. The molecule has 0 bridgehead atoms. The normalized spacial score (nSPS) is 20.2. The van der Waals surface area contributed by atoms with E-state index in [0.29, 0.717) is 13.2 Å². The molecule has 1 aromatic carbocycles. The van der Waals surface area contributed by atoms with Crippen molar-refractivity contribution < 1.29 is 14.3 Å². The number of amides is 1. The molecular formula is C19H25N3O3. The Morgan fingerprint density at radius 3 is 2.72 bits per heavy atom. The Balaban J connectivity index is 1.64. The summed E-state index contributed by atoms with van der Waals surface area (Å²) in [6, 6.07) is 9.76. The molecule has 0 saturated carbocycles. The molecule has 2 atom stereocenters. The highest BCUT2D eigenvalue weighted by atomic mass is 16.5. The SMILES string of the molecule is CO[C@@H]1C[C@@H](c2nc(C)c(C)[nH]2)N(C(=O)COCc2ccccc2)C1. The van der Waals surface area contributed by atoms with E-state index in [0.717, 1.165) is 29.2 Å². The van der Waals surface area contributed by atoms with Gasteiger partial charge in [0.05, 0.1) is 24.4 Å². The number of carbonyl (C=O) groups excluding carboxylic acids is 1. The highest BCUT2D eigenvalue weighted by molar-refractivity contribution is 5.78. The lowest BCUT2D eigenvalue weighted by Gasteiger charge is -2.23. The third-order valence-electron chi connectivity index (χ3n) is 4.72. The van der Waals surface area contributed by atoms with Crippen molar-refractivity contribution in [3.05, 3.63) is 53.1 Å². The van der Waals surface area contributed by atoms with Crippen molar-refractivity contribution in [1.29, 1.82) is 0 Å². The zero-order valence-electron chi connectivity index (χ0n) is 15.0. The van der Waals surface area contributed by atoms with Crippen LogP contribution in [0.5, 0.6) is 0 Å². The number of rotatable bonds is 6. The number of aromatic amines is 1. The van der Waals surface area contributed by atoms with Gasteiger partial charge in [-0.25, -0.2) is 4.98 Å². The fourth-order valence-corrected chi connectivity index (χ4v) is 3.15. The molecule has 134 valence electrons. The number of benzene rings is 1. The smallest absolute Gasteiger partial charge is 0.249 e. The maximum atomic E-state index is 12.7. The van der Waals surface area contributed by atoms with Crippen LogP contribution in [-0.4, -0.2) is 47.1 Å². The minimum Gasteiger partial charge on any atom is -0.380 e. The van der Waals surface area contributed by atoms with Crippen molar-refractivity contribution in [2.45, 2.75) is 39.0 Å². The molecular weight excluding hydrogens is 318 g/mol. The summed E-state index contributed by atoms with van der Waals surface area (Å²) < 4.78 is 11.1. The van der Waals surface area contributed by atoms with Gasteiger partial charge in [0, 0.05) is 25.8 Å². The Morgan fingerprint density at radius 2 is 2.08 bits per heavy atom. The summed E-state index contributed by atoms with van der Waals surface area (Å²) in [5.74, 6) is 0.790. The van der Waals surface area contributed by atoms with E-state index in [9.17, 15) is 4.79 Å². The zero-order valence-corrected chi connectivity index (χ0v) is 15.0. The van der Waals surface area contributed by atoms with Gasteiger partial charge in [-0.3, -0.25) is 4.79 Å². The average Bonchev–Trinajstić information content (AvgIpc) is 3.19. The van der Waals surface area contributed by atoms with Crippen molar-refractivity contribution in [1.82, 2.24) is 14.9 Å². The second-order valence-electron chi connectivity index (χ2n) is 6.47. The number of ether oxygens (including phenoxy) is 2. The van der Waals surface area contributed by atoms with Crippen LogP contribution < -0.4 is 0 Å². The number of likely N-dealkylation sites (tertiary alicyclic amines) is 1. The molecule has 2 aromatic rings. The molecule has 0 unspecified atom stereocenters. The van der Waals surface area contributed by atoms with Crippen LogP contribution in [0.3, 0.4) is 0 Å². The van der Waals surface area contributed by atoms with Crippen LogP contribution in [0.1, 0.15) is 35.2 Å². The van der Waals surface area contributed by atoms with Gasteiger partial charge in [0.15, 0.2) is 0 Å². The van der Waals surface area contributed by atoms with Gasteiger partial charge in [0.25, 0.3) is 0 Å². The largest absolute Gasteiger partial charge is 0.380 e. The maximum absolute atomic E-state index is 12.7. The predicted molar refractivity (Wildman–Crippen MR) is 94.0 cm³/mol. The van der Waals surface area contributed by atoms with Crippen molar-refractivity contribution in [3.8, 4) is 0 Å². The molecule has 0 radical (unpaired) electrons. The van der Waals surface area contributed by atoms with Gasteiger partial charge >= 0.3 is 0 Å². The average molecular weight is 343 g/mol. The molecule has 1 aliphatic rings. The first-order valence-electron chi connectivity index (χ1n) is 8.55. The molecule has 1 amide bonds. The second-order valence-corrected chi connectivity index (χ2v) is 6.47. The predicted octanol–water partition coefficient (Wildman–Crippen LogP) is 2.53. The number of aryl methyl sites for hydroxylation is 2. The van der Waals surface area contributed by atoms with E-state index in [-0.39, 0.29) is 24.7 Å². The highest BCUT2D eigenvalue weighted by Gasteiger charge is 2.38. The molecule has 1 saturated heterocycles. The van der Waals surface area contributed by atoms with Crippen LogP contribution in [0.4, 0.5) is 0 Å². The number of aromatic nitrogens is 2. The molecule has 0 aliphatic carbocycles. The minimum atomic E-state index is -0.0924. The zero-order chi connectivity index (χ0) is 17.8. The van der Waals surface area contributed by atoms with E-state index in [1.54, 1.807) is 7.11 Å². The Labute approximate surface area is 148 Å². The summed E-state index contributed by atoms with van der Waals surface area (Å²) in [4.78, 5) is 22.4. The summed E-state index contributed by atoms with van der Waals surface area (Å²) in [7, 11) is 1.68. The lowest BCUT2D eigenvalue weighted by molar-refractivity contribution is -0.138. The van der Waals surface area contributed by atoms with E-state index >= 15 is 0 Å². The first-order chi connectivity index (χ1) is 12.1. The maximum Gasteiger partial charge on any atom is 0.249 e. The van der Waals surface area contributed by atoms with E-state index in [1.807, 2.05) is 49.1 Å². The van der Waals surface area contributed by atoms with Gasteiger partial charge in [-0.05, 0) is 19.4 Å². The standard InChI is InChI=1S/C19H25N3O3/c1-13-14(2)21-19(20-13)17-9-16(24-3)10-22(17)18(23)12-25-11-15-7-5-4-6-8-15/h4-8,16-17H,9-12H2,1-3H3,(H,20,21)/t16-,17+/m1/s1. The second kappa shape index (κ2) is 7.80. The van der Waals surface area contributed by atoms with Crippen LogP contribution in [0, 0.1) is 13.8 Å². The third kappa shape index (κ3) is 4.08. The number of hydrogen-bond donors (Lipinski definition) is 1. The number of carbonyl (C=O) groups is 1. The van der Waals surface area contributed by atoms with Crippen LogP contribution >= 0.6 is 0 Å². The topological polar surface area (TPSA) is 67.5 Å². The molecule has 1 N–H and O–H groups in total. The first-order valence-corrected chi connectivity index (χ1v) is 8.55. The number of imidazole rings is 1. The van der Waals surface area contributed by atoms with Crippen LogP contribution in [0.15, 0.2) is 30.3 Å². The Hall–Kier alpha value is -2.18. The molecule has 2 heterocycles. The van der Waals surface area contributed by atoms with Gasteiger partial charge in [-0.15, -0.1) is 0 Å². The summed E-state index contributed by atoms with van der Waals surface area (Å²) in [5.41, 5.74) is 3.05. The van der Waals surface area contributed by atoms with E-state index < -0.39 is 0 Å². The van der Waals surface area contributed by atoms with Gasteiger partial charge in [-0.2, -0.15) is 0 Å².